The lowest BCUT2D eigenvalue weighted by atomic mass is 10.1. The van der Waals surface area contributed by atoms with Gasteiger partial charge in [0.2, 0.25) is 0 Å². The number of ether oxygens (including phenoxy) is 3. The highest BCUT2D eigenvalue weighted by molar-refractivity contribution is 7.18. The number of anilines is 1. The number of benzene rings is 1. The zero-order valence-corrected chi connectivity index (χ0v) is 16.6. The average molecular weight is 391 g/mol. The zero-order chi connectivity index (χ0) is 20.1. The number of esters is 1. The quantitative estimate of drug-likeness (QED) is 0.572. The Bertz CT molecular complexity index is 887. The molecule has 0 spiro atoms. The molecule has 0 atom stereocenters. The monoisotopic (exact) mass is 391 g/mol. The number of hydrogen-bond acceptors (Lipinski definition) is 7. The van der Waals surface area contributed by atoms with Gasteiger partial charge in [0.15, 0.2) is 5.78 Å². The second-order valence-electron chi connectivity index (χ2n) is 5.56. The van der Waals surface area contributed by atoms with Gasteiger partial charge in [-0.1, -0.05) is 0 Å². The predicted octanol–water partition coefficient (Wildman–Crippen LogP) is 3.71. The molecule has 0 saturated heterocycles. The van der Waals surface area contributed by atoms with Gasteiger partial charge >= 0.3 is 5.97 Å². The fourth-order valence-corrected chi connectivity index (χ4v) is 3.63. The minimum atomic E-state index is -0.587. The Hall–Kier alpha value is -2.87. The Morgan fingerprint density at radius 2 is 1.85 bits per heavy atom. The maximum Gasteiger partial charge on any atom is 0.341 e. The summed E-state index contributed by atoms with van der Waals surface area (Å²) in [5.74, 6) is -0.385. The summed E-state index contributed by atoms with van der Waals surface area (Å²) in [5.41, 5.74) is 0.944. The van der Waals surface area contributed by atoms with Crippen LogP contribution in [-0.4, -0.2) is 38.5 Å². The van der Waals surface area contributed by atoms with Crippen LogP contribution in [0, 0.1) is 6.92 Å². The maximum absolute atomic E-state index is 12.8. The van der Waals surface area contributed by atoms with Crippen LogP contribution in [0.15, 0.2) is 18.2 Å². The van der Waals surface area contributed by atoms with E-state index in [0.717, 1.165) is 11.3 Å². The van der Waals surface area contributed by atoms with Crippen LogP contribution in [0.1, 0.15) is 49.8 Å². The number of rotatable bonds is 7. The number of hydrogen-bond donors (Lipinski definition) is 1. The third-order valence-corrected chi connectivity index (χ3v) is 5.13. The number of carbonyl (C=O) groups excluding carboxylic acids is 3. The molecular formula is C19H21NO6S. The lowest BCUT2D eigenvalue weighted by Crippen LogP contribution is -2.15. The molecule has 0 unspecified atom stereocenters. The van der Waals surface area contributed by atoms with Crippen molar-refractivity contribution in [3.8, 4) is 11.5 Å². The molecule has 0 aliphatic rings. The second kappa shape index (κ2) is 8.68. The summed E-state index contributed by atoms with van der Waals surface area (Å²) >= 11 is 1.04. The van der Waals surface area contributed by atoms with E-state index in [9.17, 15) is 14.4 Å². The van der Waals surface area contributed by atoms with Crippen molar-refractivity contribution in [2.75, 3.05) is 26.1 Å². The number of ketones is 1. The molecule has 0 radical (unpaired) electrons. The Morgan fingerprint density at radius 3 is 2.41 bits per heavy atom. The largest absolute Gasteiger partial charge is 0.497 e. The van der Waals surface area contributed by atoms with Crippen LogP contribution in [0.25, 0.3) is 0 Å². The molecule has 0 saturated carbocycles. The van der Waals surface area contributed by atoms with Gasteiger partial charge in [-0.15, -0.1) is 11.3 Å². The summed E-state index contributed by atoms with van der Waals surface area (Å²) in [4.78, 5) is 37.3. The summed E-state index contributed by atoms with van der Waals surface area (Å²) in [7, 11) is 2.95. The standard InChI is InChI=1S/C19H21NO6S/c1-6-26-19(23)15-10(2)16(11(3)21)27-18(15)20-17(22)13-8-7-12(24-4)9-14(13)25-5/h7-9H,6H2,1-5H3,(H,20,22). The highest BCUT2D eigenvalue weighted by Crippen LogP contribution is 2.35. The Balaban J connectivity index is 2.44. The van der Waals surface area contributed by atoms with E-state index in [2.05, 4.69) is 5.32 Å². The average Bonchev–Trinajstić information content (AvgIpc) is 2.97. The van der Waals surface area contributed by atoms with E-state index in [1.807, 2.05) is 0 Å². The second-order valence-corrected chi connectivity index (χ2v) is 6.58. The van der Waals surface area contributed by atoms with E-state index in [-0.39, 0.29) is 28.5 Å². The van der Waals surface area contributed by atoms with Crippen molar-refractivity contribution in [2.24, 2.45) is 0 Å². The fourth-order valence-electron chi connectivity index (χ4n) is 2.54. The number of amides is 1. The van der Waals surface area contributed by atoms with Crippen molar-refractivity contribution in [2.45, 2.75) is 20.8 Å². The minimum Gasteiger partial charge on any atom is -0.497 e. The molecule has 2 aromatic rings. The summed E-state index contributed by atoms with van der Waals surface area (Å²) in [5, 5.41) is 2.96. The molecule has 8 heteroatoms. The van der Waals surface area contributed by atoms with Gasteiger partial charge in [-0.3, -0.25) is 9.59 Å². The Kier molecular flexibility index (Phi) is 6.57. The first-order chi connectivity index (χ1) is 12.8. The number of carbonyl (C=O) groups is 3. The first-order valence-corrected chi connectivity index (χ1v) is 9.00. The van der Waals surface area contributed by atoms with Gasteiger partial charge < -0.3 is 19.5 Å². The molecule has 2 rings (SSSR count). The molecule has 27 heavy (non-hydrogen) atoms. The van der Waals surface area contributed by atoms with Crippen molar-refractivity contribution in [1.82, 2.24) is 0 Å². The molecule has 7 nitrogen and oxygen atoms in total. The predicted molar refractivity (Wildman–Crippen MR) is 103 cm³/mol. The van der Waals surface area contributed by atoms with E-state index in [1.165, 1.54) is 21.1 Å². The lowest BCUT2D eigenvalue weighted by Gasteiger charge is -2.11. The van der Waals surface area contributed by atoms with Gasteiger partial charge in [0.1, 0.15) is 16.5 Å². The SMILES string of the molecule is CCOC(=O)c1c(NC(=O)c2ccc(OC)cc2OC)sc(C(C)=O)c1C. The first-order valence-electron chi connectivity index (χ1n) is 8.18. The van der Waals surface area contributed by atoms with Crippen LogP contribution < -0.4 is 14.8 Å². The van der Waals surface area contributed by atoms with Crippen LogP contribution in [0.5, 0.6) is 11.5 Å². The number of nitrogens with one attached hydrogen (secondary N) is 1. The minimum absolute atomic E-state index is 0.184. The van der Waals surface area contributed by atoms with Crippen LogP contribution >= 0.6 is 11.3 Å². The zero-order valence-electron chi connectivity index (χ0n) is 15.8. The van der Waals surface area contributed by atoms with Crippen molar-refractivity contribution in [3.63, 3.8) is 0 Å². The maximum atomic E-state index is 12.8. The molecule has 0 bridgehead atoms. The highest BCUT2D eigenvalue weighted by Gasteiger charge is 2.26. The first kappa shape index (κ1) is 20.4. The van der Waals surface area contributed by atoms with Gasteiger partial charge in [-0.05, 0) is 38.5 Å². The van der Waals surface area contributed by atoms with E-state index >= 15 is 0 Å². The number of Topliss-reactive ketones (excluding diaryl/α,β-unsaturated/α-hetero) is 1. The van der Waals surface area contributed by atoms with Gasteiger partial charge in [-0.2, -0.15) is 0 Å². The van der Waals surface area contributed by atoms with Crippen LogP contribution in [-0.2, 0) is 4.74 Å². The van der Waals surface area contributed by atoms with E-state index < -0.39 is 11.9 Å². The lowest BCUT2D eigenvalue weighted by molar-refractivity contribution is 0.0527. The third-order valence-electron chi connectivity index (χ3n) is 3.83. The molecule has 1 aromatic heterocycles. The van der Waals surface area contributed by atoms with Crippen molar-refractivity contribution >= 4 is 34.0 Å². The third kappa shape index (κ3) is 4.28. The van der Waals surface area contributed by atoms with E-state index in [4.69, 9.17) is 14.2 Å². The molecule has 0 aliphatic heterocycles. The summed E-state index contributed by atoms with van der Waals surface area (Å²) in [6.45, 7) is 4.93. The molecule has 0 fully saturated rings. The van der Waals surface area contributed by atoms with Crippen molar-refractivity contribution in [3.05, 3.63) is 39.8 Å². The smallest absolute Gasteiger partial charge is 0.341 e. The van der Waals surface area contributed by atoms with Crippen molar-refractivity contribution in [1.29, 1.82) is 0 Å². The van der Waals surface area contributed by atoms with E-state index in [0.29, 0.717) is 21.9 Å². The summed E-state index contributed by atoms with van der Waals surface area (Å²) in [6.07, 6.45) is 0. The molecule has 144 valence electrons. The summed E-state index contributed by atoms with van der Waals surface area (Å²) in [6, 6.07) is 4.77. The number of methoxy groups -OCH3 is 2. The molecule has 1 amide bonds. The molecule has 1 aromatic carbocycles. The van der Waals surface area contributed by atoms with Gasteiger partial charge in [-0.25, -0.2) is 4.79 Å². The molecule has 1 heterocycles. The van der Waals surface area contributed by atoms with Gasteiger partial charge in [0, 0.05) is 6.07 Å². The van der Waals surface area contributed by atoms with Gasteiger partial charge in [0.05, 0.1) is 36.8 Å². The van der Waals surface area contributed by atoms with Crippen LogP contribution in [0.2, 0.25) is 0 Å². The molecule has 0 aliphatic carbocycles. The summed E-state index contributed by atoms with van der Waals surface area (Å²) < 4.78 is 15.4. The Labute approximate surface area is 161 Å². The molecule has 1 N–H and O–H groups in total. The highest BCUT2D eigenvalue weighted by atomic mass is 32.1. The number of thiophene rings is 1. The topological polar surface area (TPSA) is 90.9 Å². The van der Waals surface area contributed by atoms with Crippen LogP contribution in [0.4, 0.5) is 5.00 Å². The fraction of sp³-hybridized carbons (Fsp3) is 0.316. The van der Waals surface area contributed by atoms with Crippen molar-refractivity contribution < 1.29 is 28.6 Å². The van der Waals surface area contributed by atoms with Crippen LogP contribution in [0.3, 0.4) is 0 Å². The van der Waals surface area contributed by atoms with E-state index in [1.54, 1.807) is 32.0 Å². The van der Waals surface area contributed by atoms with Gasteiger partial charge in [0.25, 0.3) is 5.91 Å². The Morgan fingerprint density at radius 1 is 1.15 bits per heavy atom. The molecular weight excluding hydrogens is 370 g/mol. The normalized spacial score (nSPS) is 10.3.